The lowest BCUT2D eigenvalue weighted by molar-refractivity contribution is -0.141. The molecule has 2 atom stereocenters. The average Bonchev–Trinajstić information content (AvgIpc) is 2.97. The Bertz CT molecular complexity index is 559. The number of hydrogen-bond acceptors (Lipinski definition) is 3. The van der Waals surface area contributed by atoms with Crippen LogP contribution in [-0.2, 0) is 20.8 Å². The van der Waals surface area contributed by atoms with E-state index in [1.54, 1.807) is 0 Å². The van der Waals surface area contributed by atoms with Crippen molar-refractivity contribution in [2.45, 2.75) is 38.1 Å². The van der Waals surface area contributed by atoms with Crippen LogP contribution >= 0.6 is 0 Å². The molecule has 1 aliphatic rings. The molecule has 2 amide bonds. The third-order valence-electron chi connectivity index (χ3n) is 4.03. The Balaban J connectivity index is 1.61. The molecule has 1 fully saturated rings. The molecule has 0 spiro atoms. The molecule has 1 aliphatic carbocycles. The fourth-order valence-electron chi connectivity index (χ4n) is 2.80. The van der Waals surface area contributed by atoms with Crippen molar-refractivity contribution in [2.75, 3.05) is 6.54 Å². The molecule has 1 saturated carbocycles. The highest BCUT2D eigenvalue weighted by Gasteiger charge is 2.30. The summed E-state index contributed by atoms with van der Waals surface area (Å²) >= 11 is 0. The highest BCUT2D eigenvalue weighted by molar-refractivity contribution is 5.80. The van der Waals surface area contributed by atoms with Crippen LogP contribution in [0.5, 0.6) is 0 Å². The van der Waals surface area contributed by atoms with Gasteiger partial charge in [0.15, 0.2) is 0 Å². The normalized spacial score (nSPS) is 20.0. The topological polar surface area (TPSA) is 95.5 Å². The molecule has 6 heteroatoms. The van der Waals surface area contributed by atoms with E-state index in [0.717, 1.165) is 5.56 Å². The van der Waals surface area contributed by atoms with Crippen molar-refractivity contribution in [2.24, 2.45) is 5.92 Å². The fraction of sp³-hybridized carbons (Fsp3) is 0.471. The van der Waals surface area contributed by atoms with Crippen LogP contribution in [0.15, 0.2) is 30.3 Å². The predicted octanol–water partition coefficient (Wildman–Crippen LogP) is 1.10. The second-order valence-electron chi connectivity index (χ2n) is 5.87. The molecule has 0 unspecified atom stereocenters. The van der Waals surface area contributed by atoms with Gasteiger partial charge in [-0.1, -0.05) is 30.3 Å². The molecule has 0 radical (unpaired) electrons. The molecule has 6 nitrogen and oxygen atoms in total. The Morgan fingerprint density at radius 2 is 1.83 bits per heavy atom. The quantitative estimate of drug-likeness (QED) is 0.701. The van der Waals surface area contributed by atoms with E-state index in [9.17, 15) is 14.4 Å². The molecule has 0 bridgehead atoms. The molecule has 23 heavy (non-hydrogen) atoms. The van der Waals surface area contributed by atoms with Gasteiger partial charge in [-0.15, -0.1) is 0 Å². The zero-order valence-electron chi connectivity index (χ0n) is 13.0. The first kappa shape index (κ1) is 17.0. The van der Waals surface area contributed by atoms with Crippen LogP contribution in [0, 0.1) is 5.92 Å². The van der Waals surface area contributed by atoms with E-state index in [2.05, 4.69) is 10.6 Å². The maximum absolute atomic E-state index is 11.8. The van der Waals surface area contributed by atoms with Gasteiger partial charge in [-0.3, -0.25) is 14.4 Å². The van der Waals surface area contributed by atoms with Crippen molar-refractivity contribution in [1.82, 2.24) is 10.6 Å². The van der Waals surface area contributed by atoms with E-state index in [-0.39, 0.29) is 36.7 Å². The lowest BCUT2D eigenvalue weighted by Crippen LogP contribution is -2.36. The van der Waals surface area contributed by atoms with Crippen LogP contribution in [0.25, 0.3) is 0 Å². The Kier molecular flexibility index (Phi) is 6.14. The van der Waals surface area contributed by atoms with Gasteiger partial charge >= 0.3 is 5.97 Å². The van der Waals surface area contributed by atoms with E-state index in [0.29, 0.717) is 25.7 Å². The Labute approximate surface area is 135 Å². The van der Waals surface area contributed by atoms with Gasteiger partial charge in [0, 0.05) is 19.0 Å². The highest BCUT2D eigenvalue weighted by atomic mass is 16.4. The first-order valence-corrected chi connectivity index (χ1v) is 7.87. The van der Waals surface area contributed by atoms with Crippen LogP contribution < -0.4 is 10.6 Å². The standard InChI is InChI=1S/C17H22N2O4/c20-15(19-14-7-6-13(11-14)17(22)23)8-9-18-16(21)10-12-4-2-1-3-5-12/h1-5,13-14H,6-11H2,(H,18,21)(H,19,20)(H,22,23)/t13-,14+/m0/s1. The molecule has 2 rings (SSSR count). The minimum atomic E-state index is -0.796. The summed E-state index contributed by atoms with van der Waals surface area (Å²) in [7, 11) is 0. The maximum atomic E-state index is 11.8. The third-order valence-corrected chi connectivity index (χ3v) is 4.03. The molecular weight excluding hydrogens is 296 g/mol. The Morgan fingerprint density at radius 1 is 1.09 bits per heavy atom. The predicted molar refractivity (Wildman–Crippen MR) is 84.7 cm³/mol. The largest absolute Gasteiger partial charge is 0.481 e. The van der Waals surface area contributed by atoms with Gasteiger partial charge in [-0.2, -0.15) is 0 Å². The van der Waals surface area contributed by atoms with Crippen molar-refractivity contribution in [3.05, 3.63) is 35.9 Å². The van der Waals surface area contributed by atoms with E-state index in [4.69, 9.17) is 5.11 Å². The van der Waals surface area contributed by atoms with Gasteiger partial charge in [0.05, 0.1) is 12.3 Å². The van der Waals surface area contributed by atoms with Gasteiger partial charge in [0.2, 0.25) is 11.8 Å². The molecule has 0 aliphatic heterocycles. The summed E-state index contributed by atoms with van der Waals surface area (Å²) in [5.74, 6) is -1.42. The number of carboxylic acids is 1. The van der Waals surface area contributed by atoms with Crippen molar-refractivity contribution < 1.29 is 19.5 Å². The van der Waals surface area contributed by atoms with Crippen molar-refractivity contribution in [1.29, 1.82) is 0 Å². The van der Waals surface area contributed by atoms with Crippen LogP contribution in [0.4, 0.5) is 0 Å². The zero-order valence-corrected chi connectivity index (χ0v) is 13.0. The van der Waals surface area contributed by atoms with E-state index < -0.39 is 5.97 Å². The minimum Gasteiger partial charge on any atom is -0.481 e. The average molecular weight is 318 g/mol. The molecule has 124 valence electrons. The first-order chi connectivity index (χ1) is 11.0. The number of hydrogen-bond donors (Lipinski definition) is 3. The van der Waals surface area contributed by atoms with Gasteiger partial charge in [-0.05, 0) is 24.8 Å². The summed E-state index contributed by atoms with van der Waals surface area (Å²) in [6, 6.07) is 9.34. The number of carbonyl (C=O) groups excluding carboxylic acids is 2. The Morgan fingerprint density at radius 3 is 2.48 bits per heavy atom. The van der Waals surface area contributed by atoms with Crippen molar-refractivity contribution in [3.63, 3.8) is 0 Å². The van der Waals surface area contributed by atoms with Gasteiger partial charge in [0.25, 0.3) is 0 Å². The molecule has 1 aromatic rings. The van der Waals surface area contributed by atoms with E-state index in [1.807, 2.05) is 30.3 Å². The van der Waals surface area contributed by atoms with Crippen LogP contribution in [-0.4, -0.2) is 35.5 Å². The fourth-order valence-corrected chi connectivity index (χ4v) is 2.80. The lowest BCUT2D eigenvalue weighted by Gasteiger charge is -2.12. The summed E-state index contributed by atoms with van der Waals surface area (Å²) in [5, 5.41) is 14.5. The van der Waals surface area contributed by atoms with Crippen molar-refractivity contribution >= 4 is 17.8 Å². The molecule has 1 aromatic carbocycles. The number of nitrogens with one attached hydrogen (secondary N) is 2. The third kappa shape index (κ3) is 5.73. The summed E-state index contributed by atoms with van der Waals surface area (Å²) in [4.78, 5) is 34.4. The van der Waals surface area contributed by atoms with Crippen LogP contribution in [0.3, 0.4) is 0 Å². The SMILES string of the molecule is O=C(Cc1ccccc1)NCCC(=O)N[C@@H]1CC[C@H](C(=O)O)C1. The monoisotopic (exact) mass is 318 g/mol. The molecule has 3 N–H and O–H groups in total. The number of amides is 2. The molecule has 0 heterocycles. The summed E-state index contributed by atoms with van der Waals surface area (Å²) in [5.41, 5.74) is 0.931. The molecule has 0 saturated heterocycles. The number of benzene rings is 1. The number of aliphatic carboxylic acids is 1. The number of carbonyl (C=O) groups is 3. The zero-order chi connectivity index (χ0) is 16.7. The van der Waals surface area contributed by atoms with E-state index >= 15 is 0 Å². The highest BCUT2D eigenvalue weighted by Crippen LogP contribution is 2.25. The Hall–Kier alpha value is -2.37. The lowest BCUT2D eigenvalue weighted by atomic mass is 10.1. The summed E-state index contributed by atoms with van der Waals surface area (Å²) in [6.07, 6.45) is 2.29. The maximum Gasteiger partial charge on any atom is 0.306 e. The van der Waals surface area contributed by atoms with Crippen LogP contribution in [0.2, 0.25) is 0 Å². The smallest absolute Gasteiger partial charge is 0.306 e. The minimum absolute atomic E-state index is 0.0661. The van der Waals surface area contributed by atoms with Crippen molar-refractivity contribution in [3.8, 4) is 0 Å². The summed E-state index contributed by atoms with van der Waals surface area (Å²) < 4.78 is 0. The molecule has 0 aromatic heterocycles. The number of rotatable bonds is 7. The van der Waals surface area contributed by atoms with Gasteiger partial charge in [-0.25, -0.2) is 0 Å². The number of carboxylic acid groups (broad SMARTS) is 1. The first-order valence-electron chi connectivity index (χ1n) is 7.87. The van der Waals surface area contributed by atoms with Gasteiger partial charge < -0.3 is 15.7 Å². The van der Waals surface area contributed by atoms with Crippen LogP contribution in [0.1, 0.15) is 31.2 Å². The second-order valence-corrected chi connectivity index (χ2v) is 5.87. The molecular formula is C17H22N2O4. The van der Waals surface area contributed by atoms with Gasteiger partial charge in [0.1, 0.15) is 0 Å². The summed E-state index contributed by atoms with van der Waals surface area (Å²) in [6.45, 7) is 0.284. The second kappa shape index (κ2) is 8.31. The van der Waals surface area contributed by atoms with E-state index in [1.165, 1.54) is 0 Å².